The van der Waals surface area contributed by atoms with Gasteiger partial charge in [-0.05, 0) is 48.9 Å². The van der Waals surface area contributed by atoms with E-state index < -0.39 is 11.6 Å². The van der Waals surface area contributed by atoms with Crippen molar-refractivity contribution in [3.8, 4) is 11.5 Å². The molecule has 2 unspecified atom stereocenters. The number of rotatable bonds is 4. The number of imide groups is 1. The van der Waals surface area contributed by atoms with Crippen molar-refractivity contribution >= 4 is 17.8 Å². The summed E-state index contributed by atoms with van der Waals surface area (Å²) in [7, 11) is 1.64. The Morgan fingerprint density at radius 1 is 1.12 bits per heavy atom. The Balaban J connectivity index is 1.27. The van der Waals surface area contributed by atoms with Gasteiger partial charge < -0.3 is 19.7 Å². The van der Waals surface area contributed by atoms with E-state index in [1.165, 1.54) is 4.90 Å². The van der Waals surface area contributed by atoms with Crippen LogP contribution in [-0.2, 0) is 21.5 Å². The SMILES string of the molecule is CN(CC1COc2ccccc2O1)C(=O)CN1C(=O)NC2(CCCCc3ccccc32)C1=O. The largest absolute Gasteiger partial charge is 0.486 e. The molecule has 5 rings (SSSR count). The molecule has 8 heteroatoms. The fourth-order valence-corrected chi connectivity index (χ4v) is 4.93. The number of ether oxygens (including phenoxy) is 2. The Morgan fingerprint density at radius 2 is 1.88 bits per heavy atom. The average Bonchev–Trinajstić information content (AvgIpc) is 2.96. The Hall–Kier alpha value is -3.55. The number of nitrogens with zero attached hydrogens (tertiary/aromatic N) is 2. The van der Waals surface area contributed by atoms with Crippen molar-refractivity contribution in [2.45, 2.75) is 37.3 Å². The van der Waals surface area contributed by atoms with E-state index in [0.29, 0.717) is 24.5 Å². The minimum absolute atomic E-state index is 0.283. The van der Waals surface area contributed by atoms with Crippen LogP contribution in [0.4, 0.5) is 4.79 Å². The van der Waals surface area contributed by atoms with Crippen molar-refractivity contribution in [2.24, 2.45) is 0 Å². The molecule has 0 saturated carbocycles. The third-order valence-corrected chi connectivity index (χ3v) is 6.66. The highest BCUT2D eigenvalue weighted by Crippen LogP contribution is 2.39. The smallest absolute Gasteiger partial charge is 0.325 e. The highest BCUT2D eigenvalue weighted by molar-refractivity contribution is 6.09. The molecule has 1 spiro atoms. The maximum Gasteiger partial charge on any atom is 0.325 e. The maximum atomic E-state index is 13.5. The first-order valence-electron chi connectivity index (χ1n) is 11.3. The van der Waals surface area contributed by atoms with Gasteiger partial charge in [0.25, 0.3) is 5.91 Å². The first-order valence-corrected chi connectivity index (χ1v) is 11.3. The first kappa shape index (κ1) is 21.3. The minimum Gasteiger partial charge on any atom is -0.486 e. The van der Waals surface area contributed by atoms with Crippen molar-refractivity contribution in [3.05, 3.63) is 59.7 Å². The van der Waals surface area contributed by atoms with Gasteiger partial charge in [0.1, 0.15) is 18.7 Å². The molecule has 4 amide bonds. The molecule has 2 heterocycles. The summed E-state index contributed by atoms with van der Waals surface area (Å²) in [6, 6.07) is 14.6. The van der Waals surface area contributed by atoms with E-state index in [0.717, 1.165) is 35.3 Å². The van der Waals surface area contributed by atoms with Crippen molar-refractivity contribution in [2.75, 3.05) is 26.7 Å². The molecule has 0 aromatic heterocycles. The molecular weight excluding hydrogens is 422 g/mol. The van der Waals surface area contributed by atoms with Crippen LogP contribution in [0.2, 0.25) is 0 Å². The molecular formula is C25H27N3O5. The number of para-hydroxylation sites is 2. The summed E-state index contributed by atoms with van der Waals surface area (Å²) < 4.78 is 11.6. The Bertz CT molecular complexity index is 1100. The van der Waals surface area contributed by atoms with Gasteiger partial charge in [0.15, 0.2) is 17.6 Å². The fourth-order valence-electron chi connectivity index (χ4n) is 4.93. The fraction of sp³-hybridized carbons (Fsp3) is 0.400. The molecule has 1 aliphatic carbocycles. The summed E-state index contributed by atoms with van der Waals surface area (Å²) in [6.45, 7) is 0.289. The van der Waals surface area contributed by atoms with Gasteiger partial charge in [-0.1, -0.05) is 36.4 Å². The van der Waals surface area contributed by atoms with Crippen molar-refractivity contribution in [3.63, 3.8) is 0 Å². The average molecular weight is 450 g/mol. The zero-order valence-electron chi connectivity index (χ0n) is 18.6. The van der Waals surface area contributed by atoms with Crippen LogP contribution >= 0.6 is 0 Å². The van der Waals surface area contributed by atoms with Gasteiger partial charge in [0.05, 0.1) is 6.54 Å². The molecule has 1 saturated heterocycles. The lowest BCUT2D eigenvalue weighted by molar-refractivity contribution is -0.139. The summed E-state index contributed by atoms with van der Waals surface area (Å²) in [6.07, 6.45) is 2.84. The Labute approximate surface area is 192 Å². The minimum atomic E-state index is -1.09. The third kappa shape index (κ3) is 3.79. The number of benzene rings is 2. The van der Waals surface area contributed by atoms with Crippen LogP contribution < -0.4 is 14.8 Å². The van der Waals surface area contributed by atoms with Crippen molar-refractivity contribution in [1.29, 1.82) is 0 Å². The molecule has 2 aromatic rings. The molecule has 2 atom stereocenters. The number of fused-ring (bicyclic) bond motifs is 3. The predicted octanol–water partition coefficient (Wildman–Crippen LogP) is 2.46. The summed E-state index contributed by atoms with van der Waals surface area (Å²) >= 11 is 0. The lowest BCUT2D eigenvalue weighted by Crippen LogP contribution is -2.47. The monoisotopic (exact) mass is 449 g/mol. The lowest BCUT2D eigenvalue weighted by atomic mass is 9.84. The normalized spacial score (nSPS) is 23.7. The molecule has 1 fully saturated rings. The standard InChI is InChI=1S/C25H27N3O5/c1-27(14-18-16-32-20-11-4-5-12-21(20)33-18)22(29)15-28-23(30)25(26-24(28)31)13-7-6-9-17-8-2-3-10-19(17)25/h2-5,8,10-12,18H,6-7,9,13-16H2,1H3,(H,26,31). The summed E-state index contributed by atoms with van der Waals surface area (Å²) in [5.74, 6) is 0.628. The summed E-state index contributed by atoms with van der Waals surface area (Å²) in [5, 5.41) is 2.92. The van der Waals surface area contributed by atoms with Gasteiger partial charge in [0.2, 0.25) is 5.91 Å². The van der Waals surface area contributed by atoms with E-state index in [-0.39, 0.29) is 31.0 Å². The van der Waals surface area contributed by atoms with E-state index in [9.17, 15) is 14.4 Å². The van der Waals surface area contributed by atoms with Crippen LogP contribution in [0, 0.1) is 0 Å². The summed E-state index contributed by atoms with van der Waals surface area (Å²) in [5.41, 5.74) is 0.826. The molecule has 2 aliphatic heterocycles. The summed E-state index contributed by atoms with van der Waals surface area (Å²) in [4.78, 5) is 41.8. The Morgan fingerprint density at radius 3 is 2.73 bits per heavy atom. The molecule has 3 aliphatic rings. The molecule has 8 nitrogen and oxygen atoms in total. The predicted molar refractivity (Wildman–Crippen MR) is 120 cm³/mol. The van der Waals surface area contributed by atoms with Crippen LogP contribution in [-0.4, -0.2) is 60.5 Å². The van der Waals surface area contributed by atoms with Gasteiger partial charge >= 0.3 is 6.03 Å². The second-order valence-corrected chi connectivity index (χ2v) is 8.86. The lowest BCUT2D eigenvalue weighted by Gasteiger charge is -2.30. The second-order valence-electron chi connectivity index (χ2n) is 8.86. The van der Waals surface area contributed by atoms with E-state index in [1.54, 1.807) is 7.05 Å². The highest BCUT2D eigenvalue weighted by Gasteiger charge is 2.53. The molecule has 2 aromatic carbocycles. The van der Waals surface area contributed by atoms with Crippen LogP contribution in [0.15, 0.2) is 48.5 Å². The van der Waals surface area contributed by atoms with Gasteiger partial charge in [0, 0.05) is 7.05 Å². The quantitative estimate of drug-likeness (QED) is 0.725. The number of likely N-dealkylation sites (N-methyl/N-ethyl adjacent to an activating group) is 1. The highest BCUT2D eigenvalue weighted by atomic mass is 16.6. The van der Waals surface area contributed by atoms with Crippen molar-refractivity contribution in [1.82, 2.24) is 15.1 Å². The number of urea groups is 1. The first-order chi connectivity index (χ1) is 16.0. The van der Waals surface area contributed by atoms with Crippen LogP contribution in [0.1, 0.15) is 30.4 Å². The molecule has 1 N–H and O–H groups in total. The molecule has 172 valence electrons. The zero-order chi connectivity index (χ0) is 23.0. The molecule has 0 radical (unpaired) electrons. The second kappa shape index (κ2) is 8.42. The van der Waals surface area contributed by atoms with Crippen LogP contribution in [0.3, 0.4) is 0 Å². The van der Waals surface area contributed by atoms with E-state index in [4.69, 9.17) is 9.47 Å². The van der Waals surface area contributed by atoms with Crippen LogP contribution in [0.25, 0.3) is 0 Å². The Kier molecular flexibility index (Phi) is 5.44. The van der Waals surface area contributed by atoms with Crippen molar-refractivity contribution < 1.29 is 23.9 Å². The van der Waals surface area contributed by atoms with Gasteiger partial charge in [-0.2, -0.15) is 0 Å². The topological polar surface area (TPSA) is 88.2 Å². The number of amides is 4. The third-order valence-electron chi connectivity index (χ3n) is 6.66. The number of carbonyl (C=O) groups is 3. The number of hydrogen-bond donors (Lipinski definition) is 1. The van der Waals surface area contributed by atoms with Gasteiger partial charge in [-0.3, -0.25) is 14.5 Å². The maximum absolute atomic E-state index is 13.5. The number of aryl methyl sites for hydroxylation is 1. The van der Waals surface area contributed by atoms with Crippen LogP contribution in [0.5, 0.6) is 11.5 Å². The molecule has 0 bridgehead atoms. The van der Waals surface area contributed by atoms with E-state index >= 15 is 0 Å². The molecule has 33 heavy (non-hydrogen) atoms. The van der Waals surface area contributed by atoms with E-state index in [2.05, 4.69) is 5.32 Å². The van der Waals surface area contributed by atoms with E-state index in [1.807, 2.05) is 48.5 Å². The number of carbonyl (C=O) groups excluding carboxylic acids is 3. The number of nitrogens with one attached hydrogen (secondary N) is 1. The van der Waals surface area contributed by atoms with Gasteiger partial charge in [-0.15, -0.1) is 0 Å². The zero-order valence-corrected chi connectivity index (χ0v) is 18.6. The number of hydrogen-bond acceptors (Lipinski definition) is 5. The van der Waals surface area contributed by atoms with Gasteiger partial charge in [-0.25, -0.2) is 4.79 Å².